The van der Waals surface area contributed by atoms with Gasteiger partial charge in [-0.05, 0) is 19.5 Å². The lowest BCUT2D eigenvalue weighted by Gasteiger charge is -2.18. The van der Waals surface area contributed by atoms with Crippen LogP contribution in [0.4, 0.5) is 5.69 Å². The Morgan fingerprint density at radius 2 is 2.14 bits per heavy atom. The highest BCUT2D eigenvalue weighted by Gasteiger charge is 2.34. The van der Waals surface area contributed by atoms with Crippen molar-refractivity contribution >= 4 is 28.1 Å². The monoisotopic (exact) mass is 351 g/mol. The molecule has 10 heteroatoms. The van der Waals surface area contributed by atoms with E-state index in [4.69, 9.17) is 4.74 Å². The number of nitrogens with one attached hydrogen (secondary N) is 1. The molecular formula is C12H18ClN3O5S. The highest BCUT2D eigenvalue weighted by Crippen LogP contribution is 2.31. The van der Waals surface area contributed by atoms with Crippen molar-refractivity contribution in [1.82, 2.24) is 9.62 Å². The summed E-state index contributed by atoms with van der Waals surface area (Å²) in [4.78, 5) is 10.0. The normalized spacial score (nSPS) is 18.7. The van der Waals surface area contributed by atoms with E-state index in [-0.39, 0.29) is 34.8 Å². The maximum atomic E-state index is 12.6. The van der Waals surface area contributed by atoms with Gasteiger partial charge in [-0.15, -0.1) is 12.4 Å². The van der Waals surface area contributed by atoms with Crippen LogP contribution in [0.25, 0.3) is 0 Å². The molecule has 0 bridgehead atoms. The molecule has 0 amide bonds. The number of hydrogen-bond acceptors (Lipinski definition) is 6. The molecule has 2 rings (SSSR count). The Kier molecular flexibility index (Phi) is 6.12. The molecule has 1 aliphatic rings. The van der Waals surface area contributed by atoms with Crippen molar-refractivity contribution in [3.63, 3.8) is 0 Å². The number of likely N-dealkylation sites (N-methyl/N-ethyl adjacent to an activating group) is 1. The molecule has 1 unspecified atom stereocenters. The van der Waals surface area contributed by atoms with Crippen LogP contribution in [0.1, 0.15) is 6.42 Å². The number of nitro benzene ring substituents is 1. The van der Waals surface area contributed by atoms with Gasteiger partial charge in [0.1, 0.15) is 10.6 Å². The Morgan fingerprint density at radius 3 is 2.64 bits per heavy atom. The number of non-ortho nitro benzene ring substituents is 1. The molecule has 1 atom stereocenters. The van der Waals surface area contributed by atoms with Gasteiger partial charge in [-0.1, -0.05) is 0 Å². The van der Waals surface area contributed by atoms with Gasteiger partial charge in [0.05, 0.1) is 12.0 Å². The zero-order valence-electron chi connectivity index (χ0n) is 12.2. The number of benzene rings is 1. The summed E-state index contributed by atoms with van der Waals surface area (Å²) < 4.78 is 31.6. The van der Waals surface area contributed by atoms with E-state index in [1.165, 1.54) is 23.5 Å². The molecule has 22 heavy (non-hydrogen) atoms. The zero-order valence-corrected chi connectivity index (χ0v) is 13.8. The molecule has 1 aliphatic heterocycles. The Hall–Kier alpha value is -1.42. The lowest BCUT2D eigenvalue weighted by atomic mass is 10.3. The number of rotatable bonds is 5. The van der Waals surface area contributed by atoms with Crippen molar-refractivity contribution in [3.05, 3.63) is 28.3 Å². The fourth-order valence-electron chi connectivity index (χ4n) is 2.30. The van der Waals surface area contributed by atoms with Crippen molar-refractivity contribution < 1.29 is 18.1 Å². The van der Waals surface area contributed by atoms with Crippen molar-refractivity contribution in [1.29, 1.82) is 0 Å². The molecule has 124 valence electrons. The molecule has 0 radical (unpaired) electrons. The van der Waals surface area contributed by atoms with Crippen LogP contribution in [0.3, 0.4) is 0 Å². The lowest BCUT2D eigenvalue weighted by Crippen LogP contribution is -2.33. The number of hydrogen-bond donors (Lipinski definition) is 1. The highest BCUT2D eigenvalue weighted by atomic mass is 35.5. The third-order valence-electron chi connectivity index (χ3n) is 3.54. The second-order valence-electron chi connectivity index (χ2n) is 4.73. The van der Waals surface area contributed by atoms with Gasteiger partial charge in [-0.25, -0.2) is 8.42 Å². The van der Waals surface area contributed by atoms with Crippen molar-refractivity contribution in [2.24, 2.45) is 0 Å². The molecule has 0 spiro atoms. The largest absolute Gasteiger partial charge is 0.495 e. The first-order chi connectivity index (χ1) is 9.90. The highest BCUT2D eigenvalue weighted by molar-refractivity contribution is 7.89. The second-order valence-corrected chi connectivity index (χ2v) is 6.64. The summed E-state index contributed by atoms with van der Waals surface area (Å²) in [5, 5.41) is 13.9. The fourth-order valence-corrected chi connectivity index (χ4v) is 3.98. The molecule has 0 aliphatic carbocycles. The van der Waals surface area contributed by atoms with Crippen molar-refractivity contribution in [2.45, 2.75) is 17.4 Å². The van der Waals surface area contributed by atoms with Crippen LogP contribution in [-0.4, -0.2) is 50.9 Å². The number of nitrogens with zero attached hydrogens (tertiary/aromatic N) is 2. The van der Waals surface area contributed by atoms with Crippen molar-refractivity contribution in [3.8, 4) is 5.75 Å². The molecule has 1 saturated heterocycles. The second kappa shape index (κ2) is 7.23. The number of halogens is 1. The molecule has 1 aromatic rings. The van der Waals surface area contributed by atoms with Crippen LogP contribution < -0.4 is 10.1 Å². The maximum Gasteiger partial charge on any atom is 0.271 e. The van der Waals surface area contributed by atoms with E-state index in [0.717, 1.165) is 6.07 Å². The van der Waals surface area contributed by atoms with E-state index < -0.39 is 14.9 Å². The van der Waals surface area contributed by atoms with E-state index in [9.17, 15) is 18.5 Å². The van der Waals surface area contributed by atoms with Gasteiger partial charge < -0.3 is 10.1 Å². The molecule has 8 nitrogen and oxygen atoms in total. The maximum absolute atomic E-state index is 12.6. The van der Waals surface area contributed by atoms with Gasteiger partial charge in [0, 0.05) is 31.3 Å². The third kappa shape index (κ3) is 3.49. The van der Waals surface area contributed by atoms with Gasteiger partial charge in [-0.2, -0.15) is 4.31 Å². The van der Waals surface area contributed by atoms with E-state index in [0.29, 0.717) is 19.5 Å². The molecule has 1 heterocycles. The molecule has 0 aromatic heterocycles. The molecular weight excluding hydrogens is 334 g/mol. The predicted molar refractivity (Wildman–Crippen MR) is 83.1 cm³/mol. The molecule has 1 N–H and O–H groups in total. The van der Waals surface area contributed by atoms with Crippen LogP contribution in [0, 0.1) is 10.1 Å². The first-order valence-corrected chi connectivity index (χ1v) is 7.84. The average molecular weight is 352 g/mol. The topological polar surface area (TPSA) is 102 Å². The fraction of sp³-hybridized carbons (Fsp3) is 0.500. The van der Waals surface area contributed by atoms with E-state index in [2.05, 4.69) is 5.32 Å². The minimum atomic E-state index is -3.82. The number of ether oxygens (including phenoxy) is 1. The standard InChI is InChI=1S/C12H17N3O5S.ClH/c1-13-9-5-6-14(8-9)21(18,19)12-7-10(15(16)17)3-4-11(12)20-2;/h3-4,7,9,13H,5-6,8H2,1-2H3;1H. The summed E-state index contributed by atoms with van der Waals surface area (Å²) in [6, 6.07) is 3.65. The molecule has 1 aromatic carbocycles. The lowest BCUT2D eigenvalue weighted by molar-refractivity contribution is -0.385. The minimum Gasteiger partial charge on any atom is -0.495 e. The summed E-state index contributed by atoms with van der Waals surface area (Å²) in [6.07, 6.45) is 0.701. The van der Waals surface area contributed by atoms with Crippen LogP contribution in [0.5, 0.6) is 5.75 Å². The smallest absolute Gasteiger partial charge is 0.271 e. The molecule has 0 saturated carbocycles. The average Bonchev–Trinajstić information content (AvgIpc) is 2.96. The Balaban J connectivity index is 0.00000242. The van der Waals surface area contributed by atoms with E-state index in [1.807, 2.05) is 0 Å². The quantitative estimate of drug-likeness (QED) is 0.627. The van der Waals surface area contributed by atoms with Gasteiger partial charge in [0.2, 0.25) is 10.0 Å². The van der Waals surface area contributed by atoms with Gasteiger partial charge in [0.15, 0.2) is 0 Å². The Morgan fingerprint density at radius 1 is 1.45 bits per heavy atom. The summed E-state index contributed by atoms with van der Waals surface area (Å²) in [5.74, 6) is 0.105. The Labute approximate surface area is 135 Å². The van der Waals surface area contributed by atoms with Crippen LogP contribution in [0.2, 0.25) is 0 Å². The van der Waals surface area contributed by atoms with Crippen LogP contribution >= 0.6 is 12.4 Å². The van der Waals surface area contributed by atoms with Gasteiger partial charge in [-0.3, -0.25) is 10.1 Å². The summed E-state index contributed by atoms with van der Waals surface area (Å²) in [7, 11) is -0.710. The van der Waals surface area contributed by atoms with Gasteiger partial charge in [0.25, 0.3) is 5.69 Å². The molecule has 1 fully saturated rings. The first kappa shape index (κ1) is 18.6. The van der Waals surface area contributed by atoms with Crippen LogP contribution in [-0.2, 0) is 10.0 Å². The van der Waals surface area contributed by atoms with Crippen molar-refractivity contribution in [2.75, 3.05) is 27.2 Å². The summed E-state index contributed by atoms with van der Waals surface area (Å²) in [6.45, 7) is 0.713. The number of methoxy groups -OCH3 is 1. The first-order valence-electron chi connectivity index (χ1n) is 6.40. The third-order valence-corrected chi connectivity index (χ3v) is 5.42. The van der Waals surface area contributed by atoms with E-state index >= 15 is 0 Å². The predicted octanol–water partition coefficient (Wildman–Crippen LogP) is 1.01. The number of nitro groups is 1. The zero-order chi connectivity index (χ0) is 15.6. The van der Waals surface area contributed by atoms with E-state index in [1.54, 1.807) is 7.05 Å². The minimum absolute atomic E-state index is 0. The summed E-state index contributed by atoms with van der Waals surface area (Å²) >= 11 is 0. The number of sulfonamides is 1. The van der Waals surface area contributed by atoms with Gasteiger partial charge >= 0.3 is 0 Å². The SMILES string of the molecule is CNC1CCN(S(=O)(=O)c2cc([N+](=O)[O-])ccc2OC)C1.Cl. The van der Waals surface area contributed by atoms with Crippen LogP contribution in [0.15, 0.2) is 23.1 Å². The Bertz CT molecular complexity index is 652. The summed E-state index contributed by atoms with van der Waals surface area (Å²) in [5.41, 5.74) is -0.279.